The van der Waals surface area contributed by atoms with Gasteiger partial charge in [-0.15, -0.1) is 0 Å². The van der Waals surface area contributed by atoms with Gasteiger partial charge in [0.25, 0.3) is 5.91 Å². The third-order valence-corrected chi connectivity index (χ3v) is 3.05. The third kappa shape index (κ3) is 3.37. The highest BCUT2D eigenvalue weighted by molar-refractivity contribution is 6.05. The van der Waals surface area contributed by atoms with Crippen molar-refractivity contribution in [3.05, 3.63) is 53.2 Å². The fourth-order valence-corrected chi connectivity index (χ4v) is 1.91. The van der Waals surface area contributed by atoms with Gasteiger partial charge in [0.15, 0.2) is 0 Å². The van der Waals surface area contributed by atoms with Crippen LogP contribution < -0.4 is 10.6 Å². The van der Waals surface area contributed by atoms with E-state index in [0.717, 1.165) is 12.1 Å². The van der Waals surface area contributed by atoms with Crippen molar-refractivity contribution in [2.45, 2.75) is 13.3 Å². The van der Waals surface area contributed by atoms with Gasteiger partial charge in [0.2, 0.25) is 0 Å². The van der Waals surface area contributed by atoms with Gasteiger partial charge < -0.3 is 10.6 Å². The molecule has 2 rings (SSSR count). The Labute approximate surface area is 123 Å². The summed E-state index contributed by atoms with van der Waals surface area (Å²) < 4.78 is 0. The Morgan fingerprint density at radius 2 is 2.10 bits per heavy atom. The number of aryl methyl sites for hydroxylation is 1. The van der Waals surface area contributed by atoms with Crippen LogP contribution >= 0.6 is 0 Å². The summed E-state index contributed by atoms with van der Waals surface area (Å²) in [5, 5.41) is 14.7. The number of hydrogen-bond donors (Lipinski definition) is 2. The molecule has 0 saturated carbocycles. The number of nitrogens with zero attached hydrogens (tertiary/aromatic N) is 2. The molecular weight excluding hydrogens is 264 g/mol. The Balaban J connectivity index is 2.30. The molecule has 21 heavy (non-hydrogen) atoms. The standard InChI is InChI=1S/C16H16N4O/c1-3-13-8-12(9-15(18-2)19-13)16(21)20-14-7-5-4-6-11(14)10-17/h4-9H,3H2,1-2H3,(H,18,19)(H,20,21). The molecule has 1 aromatic heterocycles. The van der Waals surface area contributed by atoms with Crippen molar-refractivity contribution in [3.63, 3.8) is 0 Å². The van der Waals surface area contributed by atoms with Crippen LogP contribution in [0.3, 0.4) is 0 Å². The highest BCUT2D eigenvalue weighted by atomic mass is 16.1. The minimum absolute atomic E-state index is 0.258. The summed E-state index contributed by atoms with van der Waals surface area (Å²) in [7, 11) is 1.76. The molecule has 1 heterocycles. The molecule has 5 nitrogen and oxygen atoms in total. The van der Waals surface area contributed by atoms with E-state index in [2.05, 4.69) is 21.7 Å². The summed E-state index contributed by atoms with van der Waals surface area (Å²) in [5.41, 5.74) is 2.29. The number of hydrogen-bond acceptors (Lipinski definition) is 4. The number of pyridine rings is 1. The van der Waals surface area contributed by atoms with Crippen LogP contribution in [0.4, 0.5) is 11.5 Å². The first-order chi connectivity index (χ1) is 10.2. The second-order valence-electron chi connectivity index (χ2n) is 4.45. The number of nitriles is 1. The number of rotatable bonds is 4. The fourth-order valence-electron chi connectivity index (χ4n) is 1.91. The summed E-state index contributed by atoms with van der Waals surface area (Å²) in [5.74, 6) is 0.388. The minimum Gasteiger partial charge on any atom is -0.373 e. The van der Waals surface area contributed by atoms with Crippen LogP contribution in [-0.2, 0) is 6.42 Å². The molecule has 0 unspecified atom stereocenters. The molecule has 0 saturated heterocycles. The lowest BCUT2D eigenvalue weighted by Crippen LogP contribution is -2.14. The molecule has 0 radical (unpaired) electrons. The Hall–Kier alpha value is -2.87. The van der Waals surface area contributed by atoms with Gasteiger partial charge in [0, 0.05) is 18.3 Å². The zero-order valence-electron chi connectivity index (χ0n) is 12.0. The molecule has 0 spiro atoms. The molecule has 2 N–H and O–H groups in total. The van der Waals surface area contributed by atoms with Gasteiger partial charge in [-0.25, -0.2) is 4.98 Å². The molecule has 0 bridgehead atoms. The lowest BCUT2D eigenvalue weighted by Gasteiger charge is -2.09. The average molecular weight is 280 g/mol. The van der Waals surface area contributed by atoms with Crippen molar-refractivity contribution in [2.75, 3.05) is 17.7 Å². The van der Waals surface area contributed by atoms with E-state index >= 15 is 0 Å². The number of amides is 1. The predicted octanol–water partition coefficient (Wildman–Crippen LogP) is 2.81. The second-order valence-corrected chi connectivity index (χ2v) is 4.45. The molecular formula is C16H16N4O. The smallest absolute Gasteiger partial charge is 0.255 e. The first-order valence-electron chi connectivity index (χ1n) is 6.67. The Morgan fingerprint density at radius 3 is 2.76 bits per heavy atom. The molecule has 106 valence electrons. The summed E-state index contributed by atoms with van der Waals surface area (Å²) in [6.45, 7) is 1.98. The van der Waals surface area contributed by atoms with Crippen molar-refractivity contribution in [1.82, 2.24) is 4.98 Å². The predicted molar refractivity (Wildman–Crippen MR) is 82.3 cm³/mol. The number of benzene rings is 1. The van der Waals surface area contributed by atoms with E-state index in [0.29, 0.717) is 22.6 Å². The molecule has 2 aromatic rings. The zero-order valence-corrected chi connectivity index (χ0v) is 12.0. The van der Waals surface area contributed by atoms with Crippen molar-refractivity contribution in [2.24, 2.45) is 0 Å². The van der Waals surface area contributed by atoms with Crippen molar-refractivity contribution in [1.29, 1.82) is 5.26 Å². The first-order valence-corrected chi connectivity index (χ1v) is 6.67. The van der Waals surface area contributed by atoms with Crippen molar-refractivity contribution >= 4 is 17.4 Å². The van der Waals surface area contributed by atoms with Crippen LogP contribution in [0.2, 0.25) is 0 Å². The summed E-state index contributed by atoms with van der Waals surface area (Å²) in [6.07, 6.45) is 0.741. The monoisotopic (exact) mass is 280 g/mol. The average Bonchev–Trinajstić information content (AvgIpc) is 2.54. The molecule has 0 aliphatic heterocycles. The van der Waals surface area contributed by atoms with Gasteiger partial charge in [0.05, 0.1) is 11.3 Å². The Bertz CT molecular complexity index is 681. The van der Waals surface area contributed by atoms with Gasteiger partial charge in [-0.2, -0.15) is 5.26 Å². The molecule has 1 aromatic carbocycles. The van der Waals surface area contributed by atoms with Crippen molar-refractivity contribution in [3.8, 4) is 6.07 Å². The van der Waals surface area contributed by atoms with Crippen LogP contribution in [-0.4, -0.2) is 17.9 Å². The quantitative estimate of drug-likeness (QED) is 0.902. The SMILES string of the molecule is CCc1cc(C(=O)Nc2ccccc2C#N)cc(NC)n1. The zero-order chi connectivity index (χ0) is 15.2. The van der Waals surface area contributed by atoms with Crippen LogP contribution in [0.5, 0.6) is 0 Å². The maximum absolute atomic E-state index is 12.3. The molecule has 0 atom stereocenters. The van der Waals surface area contributed by atoms with Crippen LogP contribution in [0.15, 0.2) is 36.4 Å². The molecule has 0 aliphatic rings. The van der Waals surface area contributed by atoms with Gasteiger partial charge in [-0.1, -0.05) is 19.1 Å². The maximum Gasteiger partial charge on any atom is 0.255 e. The van der Waals surface area contributed by atoms with Crippen LogP contribution in [0, 0.1) is 11.3 Å². The fraction of sp³-hybridized carbons (Fsp3) is 0.188. The number of para-hydroxylation sites is 1. The van der Waals surface area contributed by atoms with Crippen molar-refractivity contribution < 1.29 is 4.79 Å². The number of carbonyl (C=O) groups excluding carboxylic acids is 1. The van der Waals surface area contributed by atoms with Crippen LogP contribution in [0.1, 0.15) is 28.5 Å². The van der Waals surface area contributed by atoms with E-state index in [9.17, 15) is 4.79 Å². The largest absolute Gasteiger partial charge is 0.373 e. The highest BCUT2D eigenvalue weighted by Gasteiger charge is 2.11. The van der Waals surface area contributed by atoms with Gasteiger partial charge in [0.1, 0.15) is 11.9 Å². The minimum atomic E-state index is -0.258. The Morgan fingerprint density at radius 1 is 1.33 bits per heavy atom. The topological polar surface area (TPSA) is 77.8 Å². The molecule has 0 aliphatic carbocycles. The van der Waals surface area contributed by atoms with Gasteiger partial charge >= 0.3 is 0 Å². The molecule has 0 fully saturated rings. The number of aromatic nitrogens is 1. The lowest BCUT2D eigenvalue weighted by atomic mass is 10.1. The van der Waals surface area contributed by atoms with Gasteiger partial charge in [-0.3, -0.25) is 4.79 Å². The lowest BCUT2D eigenvalue weighted by molar-refractivity contribution is 0.102. The van der Waals surface area contributed by atoms with E-state index in [4.69, 9.17) is 5.26 Å². The van der Waals surface area contributed by atoms with E-state index in [-0.39, 0.29) is 5.91 Å². The Kier molecular flexibility index (Phi) is 4.52. The summed E-state index contributed by atoms with van der Waals surface area (Å²) in [4.78, 5) is 16.7. The van der Waals surface area contributed by atoms with E-state index < -0.39 is 0 Å². The van der Waals surface area contributed by atoms with E-state index in [1.54, 1.807) is 43.4 Å². The van der Waals surface area contributed by atoms with Gasteiger partial charge in [-0.05, 0) is 30.7 Å². The highest BCUT2D eigenvalue weighted by Crippen LogP contribution is 2.17. The number of anilines is 2. The van der Waals surface area contributed by atoms with E-state index in [1.165, 1.54) is 0 Å². The molecule has 5 heteroatoms. The normalized spacial score (nSPS) is 9.76. The second kappa shape index (κ2) is 6.53. The number of carbonyl (C=O) groups is 1. The first kappa shape index (κ1) is 14.5. The maximum atomic E-state index is 12.3. The number of nitrogens with one attached hydrogen (secondary N) is 2. The summed E-state index contributed by atoms with van der Waals surface area (Å²) >= 11 is 0. The summed E-state index contributed by atoms with van der Waals surface area (Å²) in [6, 6.07) is 12.4. The van der Waals surface area contributed by atoms with Crippen LogP contribution in [0.25, 0.3) is 0 Å². The third-order valence-electron chi connectivity index (χ3n) is 3.05. The van der Waals surface area contributed by atoms with E-state index in [1.807, 2.05) is 6.92 Å². The molecule has 1 amide bonds.